The molecule has 0 bridgehead atoms. The van der Waals surface area contributed by atoms with Gasteiger partial charge in [0.05, 0.1) is 17.9 Å². The molecule has 0 spiro atoms. The summed E-state index contributed by atoms with van der Waals surface area (Å²) < 4.78 is 5.33. The molecular formula is C16H20N2O3. The molecule has 2 amide bonds. The van der Waals surface area contributed by atoms with E-state index in [2.05, 4.69) is 17.5 Å². The molecule has 0 aliphatic heterocycles. The molecule has 0 saturated heterocycles. The lowest BCUT2D eigenvalue weighted by molar-refractivity contribution is -0.116. The van der Waals surface area contributed by atoms with Gasteiger partial charge in [-0.05, 0) is 43.9 Å². The van der Waals surface area contributed by atoms with Crippen LogP contribution >= 0.6 is 0 Å². The molecule has 2 rings (SSSR count). The number of nitrogens with one attached hydrogen (secondary N) is 1. The number of primary amides is 1. The van der Waals surface area contributed by atoms with Crippen molar-refractivity contribution in [3.63, 3.8) is 0 Å². The predicted molar refractivity (Wildman–Crippen MR) is 81.2 cm³/mol. The van der Waals surface area contributed by atoms with Gasteiger partial charge < -0.3 is 15.8 Å². The van der Waals surface area contributed by atoms with E-state index >= 15 is 0 Å². The van der Waals surface area contributed by atoms with Crippen LogP contribution in [-0.2, 0) is 4.79 Å². The molecule has 5 heteroatoms. The van der Waals surface area contributed by atoms with Crippen LogP contribution in [0, 0.1) is 5.92 Å². The molecule has 1 aliphatic carbocycles. The first-order chi connectivity index (χ1) is 10.1. The Bertz CT molecular complexity index is 567. The van der Waals surface area contributed by atoms with Crippen LogP contribution in [0.2, 0.25) is 0 Å². The van der Waals surface area contributed by atoms with Gasteiger partial charge in [-0.3, -0.25) is 9.59 Å². The number of carbonyl (C=O) groups is 2. The minimum atomic E-state index is -0.590. The van der Waals surface area contributed by atoms with Gasteiger partial charge >= 0.3 is 0 Å². The van der Waals surface area contributed by atoms with E-state index in [9.17, 15) is 9.59 Å². The van der Waals surface area contributed by atoms with Crippen LogP contribution in [0.3, 0.4) is 0 Å². The summed E-state index contributed by atoms with van der Waals surface area (Å²) >= 11 is 0. The number of ether oxygens (including phenoxy) is 1. The van der Waals surface area contributed by atoms with E-state index in [1.807, 2.05) is 6.92 Å². The molecule has 1 aliphatic rings. The maximum absolute atomic E-state index is 12.0. The largest absolute Gasteiger partial charge is 0.494 e. The van der Waals surface area contributed by atoms with Crippen LogP contribution in [0.4, 0.5) is 5.69 Å². The van der Waals surface area contributed by atoms with Crippen LogP contribution in [-0.4, -0.2) is 18.4 Å². The van der Waals surface area contributed by atoms with Gasteiger partial charge in [0.1, 0.15) is 5.75 Å². The van der Waals surface area contributed by atoms with Crippen molar-refractivity contribution < 1.29 is 14.3 Å². The molecule has 5 nitrogen and oxygen atoms in total. The molecule has 112 valence electrons. The predicted octanol–water partition coefficient (Wildman–Crippen LogP) is 2.48. The summed E-state index contributed by atoms with van der Waals surface area (Å²) in [5, 5.41) is 2.76. The third kappa shape index (κ3) is 4.08. The highest BCUT2D eigenvalue weighted by Crippen LogP contribution is 2.24. The van der Waals surface area contributed by atoms with Gasteiger partial charge in [0.15, 0.2) is 0 Å². The maximum atomic E-state index is 12.0. The summed E-state index contributed by atoms with van der Waals surface area (Å²) in [6.07, 6.45) is 6.59. The van der Waals surface area contributed by atoms with E-state index < -0.39 is 5.91 Å². The Kier molecular flexibility index (Phi) is 4.98. The zero-order valence-electron chi connectivity index (χ0n) is 12.1. The lowest BCUT2D eigenvalue weighted by Gasteiger charge is -2.12. The normalized spacial score (nSPS) is 16.7. The quantitative estimate of drug-likeness (QED) is 0.789. The molecular weight excluding hydrogens is 268 g/mol. The van der Waals surface area contributed by atoms with Crippen molar-refractivity contribution in [2.45, 2.75) is 26.2 Å². The lowest BCUT2D eigenvalue weighted by Crippen LogP contribution is -2.19. The number of amides is 2. The number of carbonyl (C=O) groups excluding carboxylic acids is 2. The topological polar surface area (TPSA) is 81.4 Å². The van der Waals surface area contributed by atoms with Crippen molar-refractivity contribution in [2.24, 2.45) is 11.7 Å². The SMILES string of the molecule is CCOc1ccc(NC(=O)C[C@@H]2C=CCC2)c(C(N)=O)c1. The number of benzene rings is 1. The third-order valence-corrected chi connectivity index (χ3v) is 3.40. The second-order valence-corrected chi connectivity index (χ2v) is 5.02. The Morgan fingerprint density at radius 2 is 2.24 bits per heavy atom. The molecule has 0 aromatic heterocycles. The average molecular weight is 288 g/mol. The number of allylic oxidation sites excluding steroid dienone is 2. The van der Waals surface area contributed by atoms with Crippen molar-refractivity contribution >= 4 is 17.5 Å². The number of anilines is 1. The van der Waals surface area contributed by atoms with E-state index in [0.29, 0.717) is 24.5 Å². The van der Waals surface area contributed by atoms with Gasteiger partial charge in [-0.1, -0.05) is 12.2 Å². The zero-order valence-corrected chi connectivity index (χ0v) is 12.1. The third-order valence-electron chi connectivity index (χ3n) is 3.40. The summed E-state index contributed by atoms with van der Waals surface area (Å²) in [5.74, 6) is 0.138. The van der Waals surface area contributed by atoms with Gasteiger partial charge in [0.2, 0.25) is 5.91 Å². The summed E-state index contributed by atoms with van der Waals surface area (Å²) in [6.45, 7) is 2.35. The van der Waals surface area contributed by atoms with Gasteiger partial charge in [0.25, 0.3) is 5.91 Å². The molecule has 0 fully saturated rings. The highest BCUT2D eigenvalue weighted by atomic mass is 16.5. The molecule has 21 heavy (non-hydrogen) atoms. The summed E-state index contributed by atoms with van der Waals surface area (Å²) in [6, 6.07) is 4.91. The Morgan fingerprint density at radius 3 is 2.86 bits per heavy atom. The summed E-state index contributed by atoms with van der Waals surface area (Å²) in [7, 11) is 0. The van der Waals surface area contributed by atoms with E-state index in [0.717, 1.165) is 12.8 Å². The fraction of sp³-hybridized carbons (Fsp3) is 0.375. The fourth-order valence-electron chi connectivity index (χ4n) is 2.40. The van der Waals surface area contributed by atoms with Crippen LogP contribution < -0.4 is 15.8 Å². The van der Waals surface area contributed by atoms with Crippen molar-refractivity contribution in [1.82, 2.24) is 0 Å². The maximum Gasteiger partial charge on any atom is 0.250 e. The Labute approximate surface area is 124 Å². The van der Waals surface area contributed by atoms with Gasteiger partial charge in [-0.15, -0.1) is 0 Å². The minimum Gasteiger partial charge on any atom is -0.494 e. The second kappa shape index (κ2) is 6.92. The van der Waals surface area contributed by atoms with Crippen LogP contribution in [0.15, 0.2) is 30.4 Å². The molecule has 3 N–H and O–H groups in total. The highest BCUT2D eigenvalue weighted by molar-refractivity contribution is 6.03. The van der Waals surface area contributed by atoms with Gasteiger partial charge in [0, 0.05) is 6.42 Å². The Balaban J connectivity index is 2.09. The average Bonchev–Trinajstić information content (AvgIpc) is 2.93. The number of hydrogen-bond acceptors (Lipinski definition) is 3. The Hall–Kier alpha value is -2.30. The fourth-order valence-corrected chi connectivity index (χ4v) is 2.40. The van der Waals surface area contributed by atoms with Gasteiger partial charge in [-0.2, -0.15) is 0 Å². The smallest absolute Gasteiger partial charge is 0.250 e. The van der Waals surface area contributed by atoms with Crippen molar-refractivity contribution in [3.8, 4) is 5.75 Å². The summed E-state index contributed by atoms with van der Waals surface area (Å²) in [4.78, 5) is 23.5. The van der Waals surface area contributed by atoms with Gasteiger partial charge in [-0.25, -0.2) is 0 Å². The summed E-state index contributed by atoms with van der Waals surface area (Å²) in [5.41, 5.74) is 6.05. The molecule has 1 aromatic carbocycles. The lowest BCUT2D eigenvalue weighted by atomic mass is 10.0. The Morgan fingerprint density at radius 1 is 1.43 bits per heavy atom. The van der Waals surface area contributed by atoms with Crippen molar-refractivity contribution in [1.29, 1.82) is 0 Å². The van der Waals surface area contributed by atoms with Crippen LogP contribution in [0.1, 0.15) is 36.5 Å². The second-order valence-electron chi connectivity index (χ2n) is 5.02. The van der Waals surface area contributed by atoms with Crippen LogP contribution in [0.5, 0.6) is 5.75 Å². The number of hydrogen-bond donors (Lipinski definition) is 2. The van der Waals surface area contributed by atoms with E-state index in [-0.39, 0.29) is 17.4 Å². The first kappa shape index (κ1) is 15.1. The first-order valence-corrected chi connectivity index (χ1v) is 7.13. The monoisotopic (exact) mass is 288 g/mol. The highest BCUT2D eigenvalue weighted by Gasteiger charge is 2.16. The van der Waals surface area contributed by atoms with Crippen LogP contribution in [0.25, 0.3) is 0 Å². The van der Waals surface area contributed by atoms with E-state index in [1.54, 1.807) is 18.2 Å². The van der Waals surface area contributed by atoms with E-state index in [4.69, 9.17) is 10.5 Å². The molecule has 0 heterocycles. The molecule has 1 atom stereocenters. The molecule has 1 aromatic rings. The van der Waals surface area contributed by atoms with Crippen molar-refractivity contribution in [3.05, 3.63) is 35.9 Å². The molecule has 0 unspecified atom stereocenters. The van der Waals surface area contributed by atoms with Crippen molar-refractivity contribution in [2.75, 3.05) is 11.9 Å². The minimum absolute atomic E-state index is 0.113. The number of rotatable bonds is 6. The number of nitrogens with two attached hydrogens (primary N) is 1. The molecule has 0 saturated carbocycles. The van der Waals surface area contributed by atoms with E-state index in [1.165, 1.54) is 0 Å². The standard InChI is InChI=1S/C16H20N2O3/c1-2-21-12-7-8-14(13(10-12)16(17)20)18-15(19)9-11-5-3-4-6-11/h3,5,7-8,10-11H,2,4,6,9H2,1H3,(H2,17,20)(H,18,19)/t11-/m1/s1. The first-order valence-electron chi connectivity index (χ1n) is 7.13. The molecule has 0 radical (unpaired) electrons. The zero-order chi connectivity index (χ0) is 15.2.